The van der Waals surface area contributed by atoms with Crippen LogP contribution in [-0.4, -0.2) is 10.9 Å². The lowest BCUT2D eigenvalue weighted by atomic mass is 10.1. The zero-order chi connectivity index (χ0) is 12.1. The van der Waals surface area contributed by atoms with Crippen LogP contribution in [0, 0.1) is 0 Å². The Morgan fingerprint density at radius 1 is 1.18 bits per heavy atom. The summed E-state index contributed by atoms with van der Waals surface area (Å²) in [6, 6.07) is 10.2. The van der Waals surface area contributed by atoms with Crippen LogP contribution in [-0.2, 0) is 6.42 Å². The van der Waals surface area contributed by atoms with Crippen molar-refractivity contribution in [3.05, 3.63) is 52.8 Å². The first-order valence-electron chi connectivity index (χ1n) is 5.31. The maximum Gasteiger partial charge on any atom is 0.0593 e. The first-order chi connectivity index (χ1) is 8.29. The third-order valence-corrected chi connectivity index (χ3v) is 3.21. The first kappa shape index (κ1) is 12.4. The van der Waals surface area contributed by atoms with E-state index in [1.165, 1.54) is 5.56 Å². The number of anilines is 2. The number of halogens is 2. The molecule has 0 aliphatic carbocycles. The summed E-state index contributed by atoms with van der Waals surface area (Å²) in [5.74, 6) is 0.655. The van der Waals surface area contributed by atoms with E-state index in [1.807, 2.05) is 6.07 Å². The van der Waals surface area contributed by atoms with Crippen molar-refractivity contribution >= 4 is 38.9 Å². The molecule has 0 bridgehead atoms. The van der Waals surface area contributed by atoms with Gasteiger partial charge >= 0.3 is 0 Å². The SMILES string of the molecule is ClCCc1ccc(Nc2ccncc2Br)cc1. The van der Waals surface area contributed by atoms with Crippen molar-refractivity contribution in [3.63, 3.8) is 0 Å². The lowest BCUT2D eigenvalue weighted by Gasteiger charge is -2.08. The van der Waals surface area contributed by atoms with Crippen molar-refractivity contribution in [2.75, 3.05) is 11.2 Å². The van der Waals surface area contributed by atoms with Crippen LogP contribution < -0.4 is 5.32 Å². The van der Waals surface area contributed by atoms with Crippen LogP contribution >= 0.6 is 27.5 Å². The van der Waals surface area contributed by atoms with E-state index in [0.29, 0.717) is 5.88 Å². The Bertz CT molecular complexity index is 485. The van der Waals surface area contributed by atoms with Gasteiger partial charge < -0.3 is 5.32 Å². The summed E-state index contributed by atoms with van der Waals surface area (Å²) in [5, 5.41) is 3.32. The second-order valence-electron chi connectivity index (χ2n) is 3.62. The van der Waals surface area contributed by atoms with Gasteiger partial charge in [-0.25, -0.2) is 0 Å². The van der Waals surface area contributed by atoms with E-state index in [2.05, 4.69) is 50.5 Å². The fourth-order valence-corrected chi connectivity index (χ4v) is 2.06. The maximum absolute atomic E-state index is 5.70. The standard InChI is InChI=1S/C13H12BrClN2/c14-12-9-16-8-6-13(12)17-11-3-1-10(2-4-11)5-7-15/h1-4,6,8-9H,5,7H2,(H,16,17). The van der Waals surface area contributed by atoms with E-state index in [1.54, 1.807) is 12.4 Å². The van der Waals surface area contributed by atoms with Gasteiger partial charge in [0.1, 0.15) is 0 Å². The Morgan fingerprint density at radius 2 is 1.94 bits per heavy atom. The van der Waals surface area contributed by atoms with Crippen LogP contribution in [0.1, 0.15) is 5.56 Å². The summed E-state index contributed by atoms with van der Waals surface area (Å²) in [4.78, 5) is 4.02. The van der Waals surface area contributed by atoms with Gasteiger partial charge in [0.15, 0.2) is 0 Å². The Labute approximate surface area is 114 Å². The highest BCUT2D eigenvalue weighted by Crippen LogP contribution is 2.24. The Kier molecular flexibility index (Phi) is 4.40. The van der Waals surface area contributed by atoms with Gasteiger partial charge in [0.05, 0.1) is 10.2 Å². The molecule has 0 amide bonds. The molecule has 1 aromatic heterocycles. The molecular formula is C13H12BrClN2. The molecule has 2 rings (SSSR count). The molecular weight excluding hydrogens is 300 g/mol. The number of benzene rings is 1. The fourth-order valence-electron chi connectivity index (χ4n) is 1.50. The molecule has 88 valence electrons. The van der Waals surface area contributed by atoms with Crippen molar-refractivity contribution in [1.29, 1.82) is 0 Å². The average molecular weight is 312 g/mol. The van der Waals surface area contributed by atoms with E-state index in [9.17, 15) is 0 Å². The zero-order valence-corrected chi connectivity index (χ0v) is 11.5. The molecule has 17 heavy (non-hydrogen) atoms. The molecule has 1 N–H and O–H groups in total. The number of pyridine rings is 1. The number of nitrogens with zero attached hydrogens (tertiary/aromatic N) is 1. The van der Waals surface area contributed by atoms with Gasteiger partial charge in [-0.3, -0.25) is 4.98 Å². The van der Waals surface area contributed by atoms with Crippen LogP contribution in [0.4, 0.5) is 11.4 Å². The third kappa shape index (κ3) is 3.45. The summed E-state index contributed by atoms with van der Waals surface area (Å²) >= 11 is 9.15. The fraction of sp³-hybridized carbons (Fsp3) is 0.154. The molecule has 1 aromatic carbocycles. The van der Waals surface area contributed by atoms with Gasteiger partial charge in [-0.2, -0.15) is 0 Å². The monoisotopic (exact) mass is 310 g/mol. The average Bonchev–Trinajstić information content (AvgIpc) is 2.35. The highest BCUT2D eigenvalue weighted by Gasteiger charge is 1.99. The van der Waals surface area contributed by atoms with Gasteiger partial charge in [0.2, 0.25) is 0 Å². The largest absolute Gasteiger partial charge is 0.355 e. The van der Waals surface area contributed by atoms with Crippen LogP contribution in [0.3, 0.4) is 0 Å². The molecule has 0 aliphatic heterocycles. The van der Waals surface area contributed by atoms with Crippen molar-refractivity contribution in [2.24, 2.45) is 0 Å². The predicted octanol–water partition coefficient (Wildman–Crippen LogP) is 4.37. The summed E-state index contributed by atoms with van der Waals surface area (Å²) in [6.07, 6.45) is 4.43. The molecule has 0 atom stereocenters. The quantitative estimate of drug-likeness (QED) is 0.848. The first-order valence-corrected chi connectivity index (χ1v) is 6.64. The minimum Gasteiger partial charge on any atom is -0.355 e. The van der Waals surface area contributed by atoms with Crippen LogP contribution in [0.15, 0.2) is 47.2 Å². The summed E-state index contributed by atoms with van der Waals surface area (Å²) in [7, 11) is 0. The molecule has 0 radical (unpaired) electrons. The molecule has 2 nitrogen and oxygen atoms in total. The van der Waals surface area contributed by atoms with Gasteiger partial charge in [0.25, 0.3) is 0 Å². The number of alkyl halides is 1. The van der Waals surface area contributed by atoms with Crippen molar-refractivity contribution in [1.82, 2.24) is 4.98 Å². The molecule has 2 aromatic rings. The van der Waals surface area contributed by atoms with E-state index in [-0.39, 0.29) is 0 Å². The molecule has 0 spiro atoms. The zero-order valence-electron chi connectivity index (χ0n) is 9.16. The molecule has 0 fully saturated rings. The summed E-state index contributed by atoms with van der Waals surface area (Å²) in [6.45, 7) is 0. The lowest BCUT2D eigenvalue weighted by Crippen LogP contribution is -1.92. The minimum atomic E-state index is 0.655. The van der Waals surface area contributed by atoms with Crippen LogP contribution in [0.2, 0.25) is 0 Å². The molecule has 0 saturated carbocycles. The van der Waals surface area contributed by atoms with Gasteiger partial charge in [-0.05, 0) is 46.1 Å². The van der Waals surface area contributed by atoms with Crippen LogP contribution in [0.25, 0.3) is 0 Å². The molecule has 0 unspecified atom stereocenters. The third-order valence-electron chi connectivity index (χ3n) is 2.39. The number of nitrogens with one attached hydrogen (secondary N) is 1. The highest BCUT2D eigenvalue weighted by atomic mass is 79.9. The highest BCUT2D eigenvalue weighted by molar-refractivity contribution is 9.10. The normalized spacial score (nSPS) is 10.2. The Hall–Kier alpha value is -1.06. The minimum absolute atomic E-state index is 0.655. The predicted molar refractivity (Wildman–Crippen MR) is 76.1 cm³/mol. The van der Waals surface area contributed by atoms with E-state index in [4.69, 9.17) is 11.6 Å². The van der Waals surface area contributed by atoms with E-state index < -0.39 is 0 Å². The second kappa shape index (κ2) is 6.03. The summed E-state index contributed by atoms with van der Waals surface area (Å²) in [5.41, 5.74) is 3.31. The lowest BCUT2D eigenvalue weighted by molar-refractivity contribution is 1.15. The van der Waals surface area contributed by atoms with Crippen molar-refractivity contribution < 1.29 is 0 Å². The number of rotatable bonds is 4. The number of hydrogen-bond donors (Lipinski definition) is 1. The number of hydrogen-bond acceptors (Lipinski definition) is 2. The topological polar surface area (TPSA) is 24.9 Å². The molecule has 0 saturated heterocycles. The Balaban J connectivity index is 2.11. The smallest absolute Gasteiger partial charge is 0.0593 e. The van der Waals surface area contributed by atoms with Crippen LogP contribution in [0.5, 0.6) is 0 Å². The molecule has 0 aliphatic rings. The van der Waals surface area contributed by atoms with Gasteiger partial charge in [-0.15, -0.1) is 11.6 Å². The Morgan fingerprint density at radius 3 is 2.59 bits per heavy atom. The molecule has 1 heterocycles. The van der Waals surface area contributed by atoms with Crippen molar-refractivity contribution in [2.45, 2.75) is 6.42 Å². The van der Waals surface area contributed by atoms with Gasteiger partial charge in [-0.1, -0.05) is 12.1 Å². The maximum atomic E-state index is 5.70. The molecule has 4 heteroatoms. The number of aromatic nitrogens is 1. The van der Waals surface area contributed by atoms with E-state index in [0.717, 1.165) is 22.3 Å². The van der Waals surface area contributed by atoms with Crippen molar-refractivity contribution in [3.8, 4) is 0 Å². The number of aryl methyl sites for hydroxylation is 1. The van der Waals surface area contributed by atoms with Gasteiger partial charge in [0, 0.05) is 24.0 Å². The van der Waals surface area contributed by atoms with E-state index >= 15 is 0 Å². The summed E-state index contributed by atoms with van der Waals surface area (Å²) < 4.78 is 0.949. The second-order valence-corrected chi connectivity index (χ2v) is 4.85.